The van der Waals surface area contributed by atoms with Crippen LogP contribution in [0.5, 0.6) is 0 Å². The molecule has 0 aromatic heterocycles. The summed E-state index contributed by atoms with van der Waals surface area (Å²) in [5, 5.41) is 11.7. The molecule has 2 saturated heterocycles. The summed E-state index contributed by atoms with van der Waals surface area (Å²) in [6.45, 7) is 7.84. The zero-order valence-electron chi connectivity index (χ0n) is 14.3. The summed E-state index contributed by atoms with van der Waals surface area (Å²) >= 11 is 0. The largest absolute Gasteiger partial charge is 0.550 e. The molecule has 1 aromatic rings. The molecule has 1 spiro atoms. The highest BCUT2D eigenvalue weighted by Crippen LogP contribution is 2.56. The molecule has 1 amide bonds. The standard InChI is InChI=1S/C20H21NO4/c1-11(2)10-15-20-9-8-14(25-20)16(19(23)24)17(20)18(22)21(15)13-7-5-4-6-12(13)3/h4-9,14-17H,1,10H2,2-3H3,(H,23,24)/p-1/t14-,15+,16-,17-,20+/m0/s1. The van der Waals surface area contributed by atoms with E-state index in [-0.39, 0.29) is 11.9 Å². The molecule has 0 aliphatic carbocycles. The van der Waals surface area contributed by atoms with E-state index in [1.54, 1.807) is 11.0 Å². The molecule has 2 bridgehead atoms. The number of aliphatic carboxylic acids is 1. The Morgan fingerprint density at radius 2 is 2.12 bits per heavy atom. The molecule has 0 saturated carbocycles. The van der Waals surface area contributed by atoms with E-state index in [2.05, 4.69) is 6.58 Å². The van der Waals surface area contributed by atoms with Crippen LogP contribution in [0, 0.1) is 18.8 Å². The highest BCUT2D eigenvalue weighted by Gasteiger charge is 2.69. The number of fused-ring (bicyclic) bond motifs is 1. The summed E-state index contributed by atoms with van der Waals surface area (Å²) in [4.78, 5) is 26.7. The van der Waals surface area contributed by atoms with Crippen LogP contribution < -0.4 is 10.0 Å². The Kier molecular flexibility index (Phi) is 3.41. The van der Waals surface area contributed by atoms with Crippen LogP contribution in [0.2, 0.25) is 0 Å². The fourth-order valence-electron chi connectivity index (χ4n) is 4.62. The van der Waals surface area contributed by atoms with Crippen LogP contribution in [0.1, 0.15) is 18.9 Å². The Bertz CT molecular complexity index is 814. The molecule has 2 fully saturated rings. The Morgan fingerprint density at radius 1 is 1.40 bits per heavy atom. The number of nitrogens with zero attached hydrogens (tertiary/aromatic N) is 1. The van der Waals surface area contributed by atoms with Crippen LogP contribution in [0.15, 0.2) is 48.6 Å². The van der Waals surface area contributed by atoms with E-state index < -0.39 is 29.5 Å². The number of carboxylic acids is 1. The number of benzene rings is 1. The summed E-state index contributed by atoms with van der Waals surface area (Å²) in [5.74, 6) is -3.13. The topological polar surface area (TPSA) is 69.7 Å². The van der Waals surface area contributed by atoms with E-state index >= 15 is 0 Å². The summed E-state index contributed by atoms with van der Waals surface area (Å²) in [5.41, 5.74) is 1.75. The number of amides is 1. The fraction of sp³-hybridized carbons (Fsp3) is 0.400. The van der Waals surface area contributed by atoms with Crippen molar-refractivity contribution in [1.29, 1.82) is 0 Å². The van der Waals surface area contributed by atoms with E-state index in [0.717, 1.165) is 16.8 Å². The van der Waals surface area contributed by atoms with Crippen LogP contribution >= 0.6 is 0 Å². The third-order valence-corrected chi connectivity index (χ3v) is 5.61. The molecule has 0 unspecified atom stereocenters. The summed E-state index contributed by atoms with van der Waals surface area (Å²) < 4.78 is 6.10. The number of hydrogen-bond acceptors (Lipinski definition) is 4. The van der Waals surface area contributed by atoms with Gasteiger partial charge in [-0.15, -0.1) is 6.58 Å². The van der Waals surface area contributed by atoms with Crippen molar-refractivity contribution in [2.75, 3.05) is 4.90 Å². The number of aryl methyl sites for hydroxylation is 1. The lowest BCUT2D eigenvalue weighted by Crippen LogP contribution is -2.46. The molecule has 4 rings (SSSR count). The maximum absolute atomic E-state index is 13.3. The molecule has 130 valence electrons. The van der Waals surface area contributed by atoms with Gasteiger partial charge in [0.1, 0.15) is 5.60 Å². The Hall–Kier alpha value is -2.40. The lowest BCUT2D eigenvalue weighted by atomic mass is 9.74. The van der Waals surface area contributed by atoms with Gasteiger partial charge in [-0.3, -0.25) is 4.79 Å². The molecular weight excluding hydrogens is 318 g/mol. The van der Waals surface area contributed by atoms with E-state index in [0.29, 0.717) is 6.42 Å². The smallest absolute Gasteiger partial charge is 0.234 e. The quantitative estimate of drug-likeness (QED) is 0.778. The number of carbonyl (C=O) groups excluding carboxylic acids is 2. The normalized spacial score (nSPS) is 35.3. The minimum Gasteiger partial charge on any atom is -0.550 e. The number of anilines is 1. The maximum Gasteiger partial charge on any atom is 0.234 e. The first-order valence-electron chi connectivity index (χ1n) is 8.48. The van der Waals surface area contributed by atoms with Gasteiger partial charge in [0, 0.05) is 17.6 Å². The molecule has 0 radical (unpaired) electrons. The van der Waals surface area contributed by atoms with Gasteiger partial charge in [-0.25, -0.2) is 0 Å². The van der Waals surface area contributed by atoms with E-state index in [1.807, 2.05) is 44.2 Å². The zero-order chi connectivity index (χ0) is 17.9. The Labute approximate surface area is 146 Å². The van der Waals surface area contributed by atoms with E-state index in [4.69, 9.17) is 4.74 Å². The van der Waals surface area contributed by atoms with Crippen molar-refractivity contribution in [3.63, 3.8) is 0 Å². The summed E-state index contributed by atoms with van der Waals surface area (Å²) in [7, 11) is 0. The molecular formula is C20H20NO4-. The third kappa shape index (κ3) is 2.05. The number of rotatable bonds is 4. The first kappa shape index (κ1) is 16.1. The first-order chi connectivity index (χ1) is 11.9. The van der Waals surface area contributed by atoms with Gasteiger partial charge < -0.3 is 19.5 Å². The fourth-order valence-corrected chi connectivity index (χ4v) is 4.62. The number of hydrogen-bond donors (Lipinski definition) is 0. The van der Waals surface area contributed by atoms with E-state index in [1.165, 1.54) is 0 Å². The maximum atomic E-state index is 13.3. The van der Waals surface area contributed by atoms with Gasteiger partial charge in [0.25, 0.3) is 0 Å². The Balaban J connectivity index is 1.87. The predicted octanol–water partition coefficient (Wildman–Crippen LogP) is 1.37. The van der Waals surface area contributed by atoms with Crippen LogP contribution in [0.3, 0.4) is 0 Å². The van der Waals surface area contributed by atoms with Gasteiger partial charge in [0.2, 0.25) is 5.91 Å². The third-order valence-electron chi connectivity index (χ3n) is 5.61. The van der Waals surface area contributed by atoms with Crippen LogP contribution in [-0.2, 0) is 14.3 Å². The van der Waals surface area contributed by atoms with E-state index in [9.17, 15) is 14.7 Å². The summed E-state index contributed by atoms with van der Waals surface area (Å²) in [6, 6.07) is 7.31. The minimum atomic E-state index is -1.23. The average Bonchev–Trinajstić information content (AvgIpc) is 3.18. The predicted molar refractivity (Wildman–Crippen MR) is 90.6 cm³/mol. The highest BCUT2D eigenvalue weighted by atomic mass is 16.5. The van der Waals surface area contributed by atoms with Gasteiger partial charge in [0.15, 0.2) is 0 Å². The van der Waals surface area contributed by atoms with Gasteiger partial charge in [-0.2, -0.15) is 0 Å². The van der Waals surface area contributed by atoms with Crippen LogP contribution in [0.4, 0.5) is 5.69 Å². The molecule has 3 heterocycles. The second kappa shape index (κ2) is 5.30. The monoisotopic (exact) mass is 338 g/mol. The summed E-state index contributed by atoms with van der Waals surface area (Å²) in [6.07, 6.45) is 3.60. The second-order valence-electron chi connectivity index (χ2n) is 7.29. The van der Waals surface area contributed by atoms with Gasteiger partial charge in [-0.1, -0.05) is 35.9 Å². The van der Waals surface area contributed by atoms with Crippen molar-refractivity contribution >= 4 is 17.6 Å². The average molecular weight is 338 g/mol. The molecule has 0 N–H and O–H groups in total. The molecule has 5 heteroatoms. The van der Waals surface area contributed by atoms with Crippen molar-refractivity contribution in [3.05, 3.63) is 54.1 Å². The van der Waals surface area contributed by atoms with Crippen molar-refractivity contribution in [2.24, 2.45) is 11.8 Å². The minimum absolute atomic E-state index is 0.207. The molecule has 3 aliphatic rings. The van der Waals surface area contributed by atoms with Crippen molar-refractivity contribution in [2.45, 2.75) is 38.0 Å². The number of carboxylic acid groups (broad SMARTS) is 1. The van der Waals surface area contributed by atoms with Crippen molar-refractivity contribution in [3.8, 4) is 0 Å². The van der Waals surface area contributed by atoms with Crippen molar-refractivity contribution < 1.29 is 19.4 Å². The SMILES string of the molecule is C=C(C)C[C@H]1N(c2ccccc2C)C(=O)[C@@H]2[C@@H](C(=O)[O-])[C@@H]3C=C[C@]21O3. The van der Waals surface area contributed by atoms with Crippen LogP contribution in [-0.4, -0.2) is 29.6 Å². The first-order valence-corrected chi connectivity index (χ1v) is 8.48. The zero-order valence-corrected chi connectivity index (χ0v) is 14.3. The molecule has 3 aliphatic heterocycles. The highest BCUT2D eigenvalue weighted by molar-refractivity contribution is 6.03. The van der Waals surface area contributed by atoms with Crippen molar-refractivity contribution in [1.82, 2.24) is 0 Å². The Morgan fingerprint density at radius 3 is 2.76 bits per heavy atom. The molecule has 5 nitrogen and oxygen atoms in total. The number of carbonyl (C=O) groups is 2. The molecule has 5 atom stereocenters. The van der Waals surface area contributed by atoms with Gasteiger partial charge in [0.05, 0.1) is 18.1 Å². The number of para-hydroxylation sites is 1. The molecule has 1 aromatic carbocycles. The van der Waals surface area contributed by atoms with Gasteiger partial charge in [-0.05, 0) is 31.9 Å². The number of ether oxygens (including phenoxy) is 1. The molecule has 25 heavy (non-hydrogen) atoms. The lowest BCUT2D eigenvalue weighted by molar-refractivity contribution is -0.313. The lowest BCUT2D eigenvalue weighted by Gasteiger charge is -2.34. The van der Waals surface area contributed by atoms with Crippen LogP contribution in [0.25, 0.3) is 0 Å². The second-order valence-corrected chi connectivity index (χ2v) is 7.29. The van der Waals surface area contributed by atoms with Gasteiger partial charge >= 0.3 is 0 Å².